The lowest BCUT2D eigenvalue weighted by Crippen LogP contribution is -2.42. The maximum Gasteiger partial charge on any atom is 0.243 e. The van der Waals surface area contributed by atoms with Crippen molar-refractivity contribution in [2.24, 2.45) is 0 Å². The van der Waals surface area contributed by atoms with Crippen LogP contribution in [0.5, 0.6) is 0 Å². The summed E-state index contributed by atoms with van der Waals surface area (Å²) in [6.45, 7) is 0.371. The molecule has 2 saturated heterocycles. The summed E-state index contributed by atoms with van der Waals surface area (Å²) in [5.74, 6) is -0.124. The van der Waals surface area contributed by atoms with Crippen LogP contribution in [0.25, 0.3) is 0 Å². The van der Waals surface area contributed by atoms with Crippen LogP contribution in [0.4, 0.5) is 5.69 Å². The zero-order valence-electron chi connectivity index (χ0n) is 13.8. The van der Waals surface area contributed by atoms with Gasteiger partial charge in [-0.15, -0.1) is 0 Å². The summed E-state index contributed by atoms with van der Waals surface area (Å²) < 4.78 is 28.0. The number of aryl methyl sites for hydroxylation is 1. The van der Waals surface area contributed by atoms with Gasteiger partial charge in [-0.2, -0.15) is 4.31 Å². The minimum Gasteiger partial charge on any atom is -0.354 e. The van der Waals surface area contributed by atoms with Gasteiger partial charge in [0.25, 0.3) is 0 Å². The van der Waals surface area contributed by atoms with Gasteiger partial charge in [0, 0.05) is 37.2 Å². The van der Waals surface area contributed by atoms with Gasteiger partial charge in [0.1, 0.15) is 0 Å². The Hall–Kier alpha value is -1.93. The molecule has 4 rings (SSSR count). The van der Waals surface area contributed by atoms with Crippen molar-refractivity contribution in [3.63, 3.8) is 0 Å². The van der Waals surface area contributed by atoms with E-state index < -0.39 is 10.0 Å². The van der Waals surface area contributed by atoms with E-state index in [1.165, 1.54) is 4.31 Å². The second kappa shape index (κ2) is 6.10. The molecule has 1 aromatic carbocycles. The fourth-order valence-electron chi connectivity index (χ4n) is 4.06. The van der Waals surface area contributed by atoms with Crippen LogP contribution >= 0.6 is 0 Å². The minimum atomic E-state index is -3.68. The molecule has 2 N–H and O–H groups in total. The highest BCUT2D eigenvalue weighted by Gasteiger charge is 2.44. The van der Waals surface area contributed by atoms with Crippen LogP contribution in [0.15, 0.2) is 23.1 Å². The molecule has 2 amide bonds. The number of carbonyl (C=O) groups excluding carboxylic acids is 2. The standard InChI is InChI=1S/C17H21N3O4S/c21-16-3-1-2-11-8-14(6-7-15(11)19-16)25(23,24)20-12-4-5-13(20)10-18-17(22)9-12/h6-8,12-13H,1-5,9-10H2,(H,18,22)(H,19,21). The summed E-state index contributed by atoms with van der Waals surface area (Å²) in [7, 11) is -3.68. The summed E-state index contributed by atoms with van der Waals surface area (Å²) in [5, 5.41) is 5.62. The third kappa shape index (κ3) is 2.93. The number of nitrogens with one attached hydrogen (secondary N) is 2. The number of hydrogen-bond acceptors (Lipinski definition) is 4. The maximum atomic E-state index is 13.2. The minimum absolute atomic E-state index is 0.0375. The molecule has 8 heteroatoms. The van der Waals surface area contributed by atoms with Gasteiger partial charge in [-0.05, 0) is 49.4 Å². The highest BCUT2D eigenvalue weighted by Crippen LogP contribution is 2.35. The van der Waals surface area contributed by atoms with Crippen molar-refractivity contribution in [1.82, 2.24) is 9.62 Å². The molecule has 134 valence electrons. The fourth-order valence-corrected chi connectivity index (χ4v) is 5.98. The van der Waals surface area contributed by atoms with Crippen molar-refractivity contribution in [2.45, 2.75) is 55.5 Å². The fraction of sp³-hybridized carbons (Fsp3) is 0.529. The van der Waals surface area contributed by atoms with Crippen molar-refractivity contribution < 1.29 is 18.0 Å². The number of rotatable bonds is 2. The lowest BCUT2D eigenvalue weighted by molar-refractivity contribution is -0.121. The van der Waals surface area contributed by atoms with Crippen LogP contribution in [0.2, 0.25) is 0 Å². The number of carbonyl (C=O) groups is 2. The third-order valence-electron chi connectivity index (χ3n) is 5.28. The Kier molecular flexibility index (Phi) is 4.04. The first-order valence-corrected chi connectivity index (χ1v) is 10.1. The highest BCUT2D eigenvalue weighted by molar-refractivity contribution is 7.89. The van der Waals surface area contributed by atoms with Crippen LogP contribution < -0.4 is 10.6 Å². The molecule has 0 aromatic heterocycles. The van der Waals surface area contributed by atoms with Gasteiger partial charge in [0.2, 0.25) is 21.8 Å². The first kappa shape index (κ1) is 16.5. The number of anilines is 1. The highest BCUT2D eigenvalue weighted by atomic mass is 32.2. The average Bonchev–Trinajstić information content (AvgIpc) is 2.75. The molecule has 0 spiro atoms. The molecule has 0 saturated carbocycles. The predicted octanol–water partition coefficient (Wildman–Crippen LogP) is 1.00. The number of sulfonamides is 1. The molecule has 2 unspecified atom stereocenters. The van der Waals surface area contributed by atoms with Crippen LogP contribution in [0.1, 0.15) is 37.7 Å². The zero-order chi connectivity index (χ0) is 17.6. The maximum absolute atomic E-state index is 13.2. The normalized spacial score (nSPS) is 27.0. The number of hydrogen-bond donors (Lipinski definition) is 2. The molecule has 1 aromatic rings. The van der Waals surface area contributed by atoms with Crippen LogP contribution in [0.3, 0.4) is 0 Å². The summed E-state index contributed by atoms with van der Waals surface area (Å²) in [5.41, 5.74) is 1.54. The summed E-state index contributed by atoms with van der Waals surface area (Å²) in [6.07, 6.45) is 3.53. The van der Waals surface area contributed by atoms with Gasteiger partial charge < -0.3 is 10.6 Å². The van der Waals surface area contributed by atoms with Gasteiger partial charge in [-0.1, -0.05) is 0 Å². The van der Waals surface area contributed by atoms with E-state index in [0.29, 0.717) is 31.5 Å². The smallest absolute Gasteiger partial charge is 0.243 e. The predicted molar refractivity (Wildman–Crippen MR) is 91.5 cm³/mol. The molecule has 0 aliphatic carbocycles. The first-order valence-electron chi connectivity index (χ1n) is 8.68. The summed E-state index contributed by atoms with van der Waals surface area (Å²) in [4.78, 5) is 23.7. The Morgan fingerprint density at radius 2 is 1.84 bits per heavy atom. The third-order valence-corrected chi connectivity index (χ3v) is 7.29. The largest absolute Gasteiger partial charge is 0.354 e. The monoisotopic (exact) mass is 363 g/mol. The Bertz CT molecular complexity index is 836. The SMILES string of the molecule is O=C1CC2CCC(CN1)N2S(=O)(=O)c1ccc2c(c1)CCCC(=O)N2. The van der Waals surface area contributed by atoms with Crippen LogP contribution in [-0.2, 0) is 26.0 Å². The van der Waals surface area contributed by atoms with Crippen LogP contribution in [0, 0.1) is 0 Å². The second-order valence-corrected chi connectivity index (χ2v) is 8.79. The van der Waals surface area contributed by atoms with Gasteiger partial charge in [0.15, 0.2) is 0 Å². The van der Waals surface area contributed by atoms with E-state index in [0.717, 1.165) is 18.4 Å². The molecule has 0 radical (unpaired) electrons. The van der Waals surface area contributed by atoms with E-state index in [1.54, 1.807) is 18.2 Å². The quantitative estimate of drug-likeness (QED) is 0.819. The van der Waals surface area contributed by atoms with Gasteiger partial charge >= 0.3 is 0 Å². The molecule has 2 fully saturated rings. The van der Waals surface area contributed by atoms with Crippen molar-refractivity contribution in [3.8, 4) is 0 Å². The van der Waals surface area contributed by atoms with Gasteiger partial charge in [-0.25, -0.2) is 8.42 Å². The molecule has 7 nitrogen and oxygen atoms in total. The molecular weight excluding hydrogens is 342 g/mol. The number of benzene rings is 1. The van der Waals surface area contributed by atoms with Crippen molar-refractivity contribution in [1.29, 1.82) is 0 Å². The van der Waals surface area contributed by atoms with Crippen molar-refractivity contribution in [2.75, 3.05) is 11.9 Å². The molecular formula is C17H21N3O4S. The lowest BCUT2D eigenvalue weighted by Gasteiger charge is -2.26. The zero-order valence-corrected chi connectivity index (χ0v) is 14.6. The van der Waals surface area contributed by atoms with Gasteiger partial charge in [0.05, 0.1) is 4.90 Å². The Morgan fingerprint density at radius 1 is 1.04 bits per heavy atom. The first-order chi connectivity index (χ1) is 11.9. The van der Waals surface area contributed by atoms with E-state index >= 15 is 0 Å². The van der Waals surface area contributed by atoms with E-state index in [9.17, 15) is 18.0 Å². The Balaban J connectivity index is 1.70. The van der Waals surface area contributed by atoms with Gasteiger partial charge in [-0.3, -0.25) is 9.59 Å². The summed E-state index contributed by atoms with van der Waals surface area (Å²) in [6, 6.07) is 4.46. The molecule has 2 atom stereocenters. The van der Waals surface area contributed by atoms with Crippen molar-refractivity contribution >= 4 is 27.5 Å². The average molecular weight is 363 g/mol. The van der Waals surface area contributed by atoms with E-state index in [4.69, 9.17) is 0 Å². The molecule has 3 heterocycles. The van der Waals surface area contributed by atoms with Crippen molar-refractivity contribution in [3.05, 3.63) is 23.8 Å². The summed E-state index contributed by atoms with van der Waals surface area (Å²) >= 11 is 0. The second-order valence-electron chi connectivity index (χ2n) is 6.95. The topological polar surface area (TPSA) is 95.6 Å². The van der Waals surface area contributed by atoms with E-state index in [1.807, 2.05) is 0 Å². The molecule has 3 aliphatic heterocycles. The molecule has 25 heavy (non-hydrogen) atoms. The van der Waals surface area contributed by atoms with Crippen LogP contribution in [-0.4, -0.2) is 43.2 Å². The molecule has 2 bridgehead atoms. The number of fused-ring (bicyclic) bond motifs is 3. The van der Waals surface area contributed by atoms with E-state index in [2.05, 4.69) is 10.6 Å². The lowest BCUT2D eigenvalue weighted by atomic mass is 10.1. The Labute approximate surface area is 146 Å². The Morgan fingerprint density at radius 3 is 2.68 bits per heavy atom. The number of nitrogens with zero attached hydrogens (tertiary/aromatic N) is 1. The number of amides is 2. The molecule has 3 aliphatic rings. The van der Waals surface area contributed by atoms with E-state index in [-0.39, 0.29) is 35.2 Å².